The predicted octanol–water partition coefficient (Wildman–Crippen LogP) is 4.03. The van der Waals surface area contributed by atoms with E-state index in [2.05, 4.69) is 40.3 Å². The van der Waals surface area contributed by atoms with Gasteiger partial charge in [0.15, 0.2) is 0 Å². The molecule has 0 unspecified atom stereocenters. The van der Waals surface area contributed by atoms with E-state index in [1.54, 1.807) is 0 Å². The van der Waals surface area contributed by atoms with Crippen molar-refractivity contribution in [3.05, 3.63) is 17.5 Å². The minimum atomic E-state index is 0. The third-order valence-corrected chi connectivity index (χ3v) is 7.02. The van der Waals surface area contributed by atoms with Gasteiger partial charge in [0.05, 0.1) is 5.69 Å². The van der Waals surface area contributed by atoms with E-state index < -0.39 is 0 Å². The summed E-state index contributed by atoms with van der Waals surface area (Å²) in [6.07, 6.45) is 11.2. The zero-order chi connectivity index (χ0) is 16.6. The first kappa shape index (κ1) is 22.0. The topological polar surface area (TPSA) is 41.9 Å². The fraction of sp³-hybridized carbons (Fsp3) is 0.850. The highest BCUT2D eigenvalue weighted by Crippen LogP contribution is 2.47. The molecule has 2 aliphatic carbocycles. The molecule has 1 spiro atoms. The molecule has 0 bridgehead atoms. The second-order valence-corrected chi connectivity index (χ2v) is 8.99. The minimum Gasteiger partial charge on any atom is -0.317 e. The van der Waals surface area contributed by atoms with Crippen LogP contribution < -0.4 is 10.6 Å². The van der Waals surface area contributed by atoms with E-state index in [1.165, 1.54) is 76.7 Å². The van der Waals surface area contributed by atoms with Crippen molar-refractivity contribution >= 4 is 24.8 Å². The lowest BCUT2D eigenvalue weighted by Crippen LogP contribution is -2.44. The van der Waals surface area contributed by atoms with Crippen molar-refractivity contribution in [1.29, 1.82) is 0 Å². The summed E-state index contributed by atoms with van der Waals surface area (Å²) in [7, 11) is 0. The average Bonchev–Trinajstić information content (AvgIpc) is 3.27. The highest BCUT2D eigenvalue weighted by Gasteiger charge is 2.44. The van der Waals surface area contributed by atoms with Crippen molar-refractivity contribution in [2.45, 2.75) is 77.8 Å². The normalized spacial score (nSPS) is 23.9. The van der Waals surface area contributed by atoms with Gasteiger partial charge in [-0.1, -0.05) is 0 Å². The van der Waals surface area contributed by atoms with Crippen LogP contribution in [0.4, 0.5) is 0 Å². The fourth-order valence-electron chi connectivity index (χ4n) is 4.97. The Morgan fingerprint density at radius 3 is 2.27 bits per heavy atom. The van der Waals surface area contributed by atoms with Crippen molar-refractivity contribution in [3.8, 4) is 0 Å². The fourth-order valence-corrected chi connectivity index (χ4v) is 4.97. The Bertz CT molecular complexity index is 566. The summed E-state index contributed by atoms with van der Waals surface area (Å²) >= 11 is 0. The molecule has 3 aliphatic rings. The van der Waals surface area contributed by atoms with Crippen molar-refractivity contribution in [2.24, 2.45) is 10.8 Å². The second-order valence-electron chi connectivity index (χ2n) is 8.99. The van der Waals surface area contributed by atoms with E-state index in [0.29, 0.717) is 10.8 Å². The number of aromatic nitrogens is 2. The molecule has 2 saturated carbocycles. The molecular weight excluding hydrogens is 367 g/mol. The Morgan fingerprint density at radius 1 is 1.08 bits per heavy atom. The van der Waals surface area contributed by atoms with Crippen LogP contribution in [0.5, 0.6) is 0 Å². The van der Waals surface area contributed by atoms with E-state index in [4.69, 9.17) is 0 Å². The van der Waals surface area contributed by atoms with Crippen LogP contribution in [-0.4, -0.2) is 35.5 Å². The summed E-state index contributed by atoms with van der Waals surface area (Å²) in [6.45, 7) is 9.04. The van der Waals surface area contributed by atoms with Crippen molar-refractivity contribution in [3.63, 3.8) is 0 Å². The molecule has 1 aliphatic heterocycles. The van der Waals surface area contributed by atoms with Gasteiger partial charge in [0.25, 0.3) is 0 Å². The molecule has 26 heavy (non-hydrogen) atoms. The van der Waals surface area contributed by atoms with E-state index in [-0.39, 0.29) is 24.8 Å². The van der Waals surface area contributed by atoms with E-state index in [9.17, 15) is 0 Å². The number of hydrogen-bond acceptors (Lipinski definition) is 3. The van der Waals surface area contributed by atoms with Crippen molar-refractivity contribution in [1.82, 2.24) is 20.4 Å². The summed E-state index contributed by atoms with van der Waals surface area (Å²) < 4.78 is 2.23. The maximum Gasteiger partial charge on any atom is 0.0596 e. The SMILES string of the molecule is Cc1cc(C)n(CC2(CNC3CCC4(CCNCC4)CC3)CC2)n1.Cl.Cl. The molecule has 4 rings (SSSR count). The molecule has 150 valence electrons. The number of halogens is 2. The van der Waals surface area contributed by atoms with Crippen LogP contribution in [-0.2, 0) is 6.54 Å². The van der Waals surface area contributed by atoms with Gasteiger partial charge in [-0.15, -0.1) is 24.8 Å². The van der Waals surface area contributed by atoms with Gasteiger partial charge in [0, 0.05) is 30.2 Å². The number of nitrogens with one attached hydrogen (secondary N) is 2. The smallest absolute Gasteiger partial charge is 0.0596 e. The largest absolute Gasteiger partial charge is 0.317 e. The molecule has 6 heteroatoms. The second kappa shape index (κ2) is 8.81. The third-order valence-electron chi connectivity index (χ3n) is 7.02. The zero-order valence-electron chi connectivity index (χ0n) is 16.4. The number of piperidine rings is 1. The molecule has 1 aromatic heterocycles. The standard InChI is InChI=1S/C20H34N4.2ClH/c1-16-13-17(2)24(23-16)15-20(7-8-20)14-22-18-3-5-19(6-4-18)9-11-21-12-10-19;;/h13,18,21-22H,3-12,14-15H2,1-2H3;2*1H. The van der Waals surface area contributed by atoms with Crippen LogP contribution >= 0.6 is 24.8 Å². The van der Waals surface area contributed by atoms with Crippen LogP contribution in [0.25, 0.3) is 0 Å². The van der Waals surface area contributed by atoms with Crippen LogP contribution in [0.2, 0.25) is 0 Å². The molecule has 1 saturated heterocycles. The first-order valence-corrected chi connectivity index (χ1v) is 10.0. The lowest BCUT2D eigenvalue weighted by Gasteiger charge is -2.43. The molecule has 2 N–H and O–H groups in total. The summed E-state index contributed by atoms with van der Waals surface area (Å²) in [5.41, 5.74) is 3.62. The molecule has 2 heterocycles. The van der Waals surface area contributed by atoms with Gasteiger partial charge >= 0.3 is 0 Å². The molecular formula is C20H36Cl2N4. The Labute approximate surface area is 171 Å². The van der Waals surface area contributed by atoms with Gasteiger partial charge in [-0.2, -0.15) is 5.10 Å². The monoisotopic (exact) mass is 402 g/mol. The number of hydrogen-bond donors (Lipinski definition) is 2. The molecule has 0 radical (unpaired) electrons. The van der Waals surface area contributed by atoms with Gasteiger partial charge in [-0.25, -0.2) is 0 Å². The van der Waals surface area contributed by atoms with E-state index >= 15 is 0 Å². The Balaban J connectivity index is 0.00000121. The number of rotatable bonds is 5. The Hall–Kier alpha value is -0.290. The van der Waals surface area contributed by atoms with Gasteiger partial charge in [-0.3, -0.25) is 4.68 Å². The molecule has 0 amide bonds. The maximum absolute atomic E-state index is 4.67. The average molecular weight is 403 g/mol. The lowest BCUT2D eigenvalue weighted by molar-refractivity contribution is 0.113. The summed E-state index contributed by atoms with van der Waals surface area (Å²) in [4.78, 5) is 0. The van der Waals surface area contributed by atoms with E-state index in [1.807, 2.05) is 0 Å². The molecule has 1 aromatic rings. The van der Waals surface area contributed by atoms with Crippen molar-refractivity contribution in [2.75, 3.05) is 19.6 Å². The third kappa shape index (κ3) is 4.95. The van der Waals surface area contributed by atoms with Crippen molar-refractivity contribution < 1.29 is 0 Å². The highest BCUT2D eigenvalue weighted by molar-refractivity contribution is 5.85. The molecule has 0 aromatic carbocycles. The van der Waals surface area contributed by atoms with Gasteiger partial charge in [0.1, 0.15) is 0 Å². The van der Waals surface area contributed by atoms with E-state index in [0.717, 1.165) is 18.3 Å². The zero-order valence-corrected chi connectivity index (χ0v) is 18.0. The highest BCUT2D eigenvalue weighted by atomic mass is 35.5. The van der Waals surface area contributed by atoms with Gasteiger partial charge < -0.3 is 10.6 Å². The number of nitrogens with zero attached hydrogens (tertiary/aromatic N) is 2. The maximum atomic E-state index is 4.67. The molecule has 3 fully saturated rings. The summed E-state index contributed by atoms with van der Waals surface area (Å²) in [6, 6.07) is 2.95. The van der Waals surface area contributed by atoms with Crippen LogP contribution in [0.1, 0.15) is 62.8 Å². The number of aryl methyl sites for hydroxylation is 2. The first-order valence-electron chi connectivity index (χ1n) is 10.0. The van der Waals surface area contributed by atoms with Crippen LogP contribution in [0, 0.1) is 24.7 Å². The predicted molar refractivity (Wildman–Crippen MR) is 113 cm³/mol. The van der Waals surface area contributed by atoms with Gasteiger partial charge in [-0.05, 0) is 89.8 Å². The van der Waals surface area contributed by atoms with Crippen LogP contribution in [0.15, 0.2) is 6.07 Å². The lowest BCUT2D eigenvalue weighted by atomic mass is 9.67. The first-order chi connectivity index (χ1) is 11.6. The molecule has 0 atom stereocenters. The Kier molecular flexibility index (Phi) is 7.46. The summed E-state index contributed by atoms with van der Waals surface area (Å²) in [5.74, 6) is 0. The Morgan fingerprint density at radius 2 is 1.73 bits per heavy atom. The molecule has 4 nitrogen and oxygen atoms in total. The van der Waals surface area contributed by atoms with Gasteiger partial charge in [0.2, 0.25) is 0 Å². The van der Waals surface area contributed by atoms with Crippen LogP contribution in [0.3, 0.4) is 0 Å². The quantitative estimate of drug-likeness (QED) is 0.780. The minimum absolute atomic E-state index is 0. The summed E-state index contributed by atoms with van der Waals surface area (Å²) in [5, 5.41) is 12.1.